The second-order valence-electron chi connectivity index (χ2n) is 12.3. The third kappa shape index (κ3) is 4.72. The summed E-state index contributed by atoms with van der Waals surface area (Å²) in [4.78, 5) is 0. The summed E-state index contributed by atoms with van der Waals surface area (Å²) in [6.45, 7) is 14.5. The molecule has 0 aliphatic carbocycles. The Hall–Kier alpha value is -1.18. The van der Waals surface area contributed by atoms with Crippen LogP contribution < -0.4 is 0 Å². The van der Waals surface area contributed by atoms with E-state index < -0.39 is 34.5 Å². The normalized spacial score (nSPS) is 27.3. The maximum Gasteiger partial charge on any atom is 0.105 e. The first-order chi connectivity index (χ1) is 17.5. The first-order valence-corrected chi connectivity index (χ1v) is 15.3. The summed E-state index contributed by atoms with van der Waals surface area (Å²) >= 11 is 0. The van der Waals surface area contributed by atoms with E-state index in [1.165, 1.54) is 0 Å². The lowest BCUT2D eigenvalue weighted by atomic mass is 9.84. The van der Waals surface area contributed by atoms with Crippen LogP contribution in [0.4, 0.5) is 0 Å². The van der Waals surface area contributed by atoms with Gasteiger partial charge in [0.1, 0.15) is 12.3 Å². The molecule has 0 aromatic heterocycles. The van der Waals surface area contributed by atoms with E-state index in [1.807, 2.05) is 104 Å². The molecule has 0 amide bonds. The maximum atomic E-state index is 12.9. The maximum absolute atomic E-state index is 12.9. The summed E-state index contributed by atoms with van der Waals surface area (Å²) in [5, 5.41) is 55.3. The quantitative estimate of drug-likeness (QED) is 0.270. The third-order valence-electron chi connectivity index (χ3n) is 9.18. The fourth-order valence-corrected chi connectivity index (χ4v) is 6.97. The van der Waals surface area contributed by atoms with Crippen molar-refractivity contribution in [1.29, 1.82) is 0 Å². The van der Waals surface area contributed by atoms with Gasteiger partial charge in [-0.1, -0.05) is 70.1 Å². The third-order valence-corrected chi connectivity index (χ3v) is 11.5. The van der Waals surface area contributed by atoms with Gasteiger partial charge in [-0.2, -0.15) is 0 Å². The molecular formula is C28H38N4O4S2-2. The Bertz CT molecular complexity index is 995. The molecule has 2 saturated heterocycles. The van der Waals surface area contributed by atoms with Gasteiger partial charge in [0, 0.05) is 22.6 Å². The molecule has 0 saturated carbocycles. The molecule has 2 heterocycles. The molecule has 0 bridgehead atoms. The molecule has 0 N–H and O–H groups in total. The van der Waals surface area contributed by atoms with Crippen LogP contribution in [0.3, 0.4) is 0 Å². The van der Waals surface area contributed by atoms with Crippen molar-refractivity contribution in [2.45, 2.75) is 101 Å². The van der Waals surface area contributed by atoms with E-state index in [0.717, 1.165) is 42.9 Å². The van der Waals surface area contributed by atoms with Crippen molar-refractivity contribution in [3.8, 4) is 0 Å². The number of benzene rings is 2. The summed E-state index contributed by atoms with van der Waals surface area (Å²) in [7, 11) is 3.45. The minimum atomic E-state index is -0.845. The Morgan fingerprint density at radius 2 is 0.868 bits per heavy atom. The van der Waals surface area contributed by atoms with Gasteiger partial charge in [-0.05, 0) is 77.6 Å². The Kier molecular flexibility index (Phi) is 8.10. The van der Waals surface area contributed by atoms with Crippen molar-refractivity contribution in [2.75, 3.05) is 0 Å². The highest BCUT2D eigenvalue weighted by atomic mass is 33.1. The highest BCUT2D eigenvalue weighted by Crippen LogP contribution is 2.49. The van der Waals surface area contributed by atoms with E-state index in [4.69, 9.17) is 0 Å². The summed E-state index contributed by atoms with van der Waals surface area (Å²) in [6, 6.07) is 15.4. The Morgan fingerprint density at radius 3 is 1.11 bits per heavy atom. The first-order valence-electron chi connectivity index (χ1n) is 12.8. The molecule has 2 aliphatic rings. The topological polar surface area (TPSA) is 98.9 Å². The van der Waals surface area contributed by atoms with Crippen molar-refractivity contribution in [2.24, 2.45) is 0 Å². The summed E-state index contributed by atoms with van der Waals surface area (Å²) in [6.07, 6.45) is -1.69. The van der Waals surface area contributed by atoms with Gasteiger partial charge in [-0.3, -0.25) is 0 Å². The molecule has 10 heteroatoms. The molecule has 4 rings (SSSR count). The van der Waals surface area contributed by atoms with E-state index >= 15 is 0 Å². The monoisotopic (exact) mass is 558 g/mol. The summed E-state index contributed by atoms with van der Waals surface area (Å²) < 4.78 is 0. The smallest absolute Gasteiger partial charge is 0.105 e. The van der Waals surface area contributed by atoms with Crippen LogP contribution in [0.15, 0.2) is 48.5 Å². The Labute approximate surface area is 234 Å². The zero-order valence-corrected chi connectivity index (χ0v) is 25.1. The van der Waals surface area contributed by atoms with Gasteiger partial charge in [0.15, 0.2) is 0 Å². The molecule has 0 spiro atoms. The van der Waals surface area contributed by atoms with Gasteiger partial charge in [0.2, 0.25) is 0 Å². The van der Waals surface area contributed by atoms with Gasteiger partial charge in [-0.15, -0.1) is 20.5 Å². The zero-order valence-electron chi connectivity index (χ0n) is 23.4. The minimum absolute atomic E-state index is 0.706. The lowest BCUT2D eigenvalue weighted by Crippen LogP contribution is -2.51. The molecule has 2 fully saturated rings. The van der Waals surface area contributed by atoms with Crippen LogP contribution in [0, 0.1) is 10.4 Å². The molecule has 0 unspecified atom stereocenters. The van der Waals surface area contributed by atoms with Crippen LogP contribution in [0.25, 0.3) is 0 Å². The fourth-order valence-electron chi connectivity index (χ4n) is 4.83. The van der Waals surface area contributed by atoms with Crippen molar-refractivity contribution in [3.63, 3.8) is 0 Å². The van der Waals surface area contributed by atoms with Gasteiger partial charge < -0.3 is 20.5 Å². The standard InChI is InChI=1S/C28H38N4O4S2/c1-25(2)26(3,4)30(34)23(29(25)33)21-13-9-19(10-14-21)17-37-38-18-20-11-15-22(16-12-20)24-31(35)27(5,6)28(7,8)32(24)36/h9-16,23-24H,17-18H2,1-8H3/q-2. The molecular weight excluding hydrogens is 520 g/mol. The van der Waals surface area contributed by atoms with Crippen LogP contribution in [0.2, 0.25) is 0 Å². The second-order valence-corrected chi connectivity index (χ2v) is 14.8. The van der Waals surface area contributed by atoms with E-state index in [1.54, 1.807) is 21.6 Å². The molecule has 38 heavy (non-hydrogen) atoms. The van der Waals surface area contributed by atoms with E-state index in [9.17, 15) is 20.8 Å². The highest BCUT2D eigenvalue weighted by Gasteiger charge is 2.56. The number of hydrogen-bond acceptors (Lipinski definition) is 8. The largest absolute Gasteiger partial charge is 0.783 e. The zero-order chi connectivity index (χ0) is 28.3. The lowest BCUT2D eigenvalue weighted by Gasteiger charge is -2.44. The van der Waals surface area contributed by atoms with Crippen LogP contribution in [0.1, 0.15) is 90.0 Å². The number of hydrogen-bond donors (Lipinski definition) is 0. The van der Waals surface area contributed by atoms with Gasteiger partial charge >= 0.3 is 0 Å². The van der Waals surface area contributed by atoms with Crippen LogP contribution in [0.5, 0.6) is 0 Å². The first kappa shape index (κ1) is 29.8. The number of rotatable bonds is 7. The molecule has 2 radical (unpaired) electrons. The minimum Gasteiger partial charge on any atom is -0.783 e. The fraction of sp³-hybridized carbons (Fsp3) is 0.571. The van der Waals surface area contributed by atoms with Crippen LogP contribution in [-0.4, -0.2) is 42.4 Å². The van der Waals surface area contributed by atoms with E-state index in [-0.39, 0.29) is 0 Å². The number of hydroxylamine groups is 8. The number of nitrogens with zero attached hydrogens (tertiary/aromatic N) is 4. The average molecular weight is 559 g/mol. The SMILES string of the molecule is CC1(C)N([O])C(c2ccc(CSSCc3ccc(C4N([O])C(C)(C)C(C)(C)N4[O-])cc3)cc2)N([O-])C1(C)C. The van der Waals surface area contributed by atoms with Crippen molar-refractivity contribution >= 4 is 21.6 Å². The molecule has 0 atom stereocenters. The average Bonchev–Trinajstić information content (AvgIpc) is 3.06. The van der Waals surface area contributed by atoms with Crippen molar-refractivity contribution < 1.29 is 10.4 Å². The molecule has 2 aromatic carbocycles. The predicted molar refractivity (Wildman–Crippen MR) is 153 cm³/mol. The predicted octanol–water partition coefficient (Wildman–Crippen LogP) is 6.80. The molecule has 8 nitrogen and oxygen atoms in total. The van der Waals surface area contributed by atoms with Gasteiger partial charge in [0.05, 0.1) is 11.1 Å². The Balaban J connectivity index is 1.30. The molecule has 2 aliphatic heterocycles. The second kappa shape index (κ2) is 10.3. The van der Waals surface area contributed by atoms with E-state index in [0.29, 0.717) is 11.1 Å². The molecule has 208 valence electrons. The summed E-state index contributed by atoms with van der Waals surface area (Å²) in [5.41, 5.74) is 0.461. The van der Waals surface area contributed by atoms with Crippen molar-refractivity contribution in [3.05, 3.63) is 81.2 Å². The Morgan fingerprint density at radius 1 is 0.579 bits per heavy atom. The van der Waals surface area contributed by atoms with Crippen LogP contribution in [-0.2, 0) is 21.9 Å². The van der Waals surface area contributed by atoms with Crippen LogP contribution >= 0.6 is 21.6 Å². The molecule has 2 aromatic rings. The lowest BCUT2D eigenvalue weighted by molar-refractivity contribution is -0.232. The summed E-state index contributed by atoms with van der Waals surface area (Å²) in [5.74, 6) is 1.57. The highest BCUT2D eigenvalue weighted by molar-refractivity contribution is 8.76. The van der Waals surface area contributed by atoms with Gasteiger partial charge in [0.25, 0.3) is 0 Å². The van der Waals surface area contributed by atoms with Gasteiger partial charge in [-0.25, -0.2) is 0 Å². The van der Waals surface area contributed by atoms with E-state index in [2.05, 4.69) is 0 Å². The van der Waals surface area contributed by atoms with Crippen molar-refractivity contribution in [1.82, 2.24) is 20.3 Å².